The minimum atomic E-state index is 0.238. The Morgan fingerprint density at radius 1 is 1.20 bits per heavy atom. The maximum atomic E-state index is 12.8. The second kappa shape index (κ2) is 8.79. The minimum absolute atomic E-state index is 0.238. The molecular weight excluding hydrogens is 314 g/mol. The van der Waals surface area contributed by atoms with Crippen LogP contribution >= 0.6 is 0 Å². The molecule has 0 aromatic heterocycles. The van der Waals surface area contributed by atoms with Gasteiger partial charge >= 0.3 is 0 Å². The quantitative estimate of drug-likeness (QED) is 0.708. The highest BCUT2D eigenvalue weighted by atomic mass is 16.5. The summed E-state index contributed by atoms with van der Waals surface area (Å²) in [5.41, 5.74) is 2.40. The molecule has 1 saturated heterocycles. The molecule has 0 radical (unpaired) electrons. The van der Waals surface area contributed by atoms with E-state index >= 15 is 0 Å². The van der Waals surface area contributed by atoms with Crippen LogP contribution in [-0.2, 0) is 16.0 Å². The summed E-state index contributed by atoms with van der Waals surface area (Å²) in [5.74, 6) is 0.238. The van der Waals surface area contributed by atoms with Crippen LogP contribution < -0.4 is 4.90 Å². The van der Waals surface area contributed by atoms with Crippen LogP contribution in [0.5, 0.6) is 0 Å². The summed E-state index contributed by atoms with van der Waals surface area (Å²) in [7, 11) is 0. The molecule has 5 nitrogen and oxygen atoms in total. The van der Waals surface area contributed by atoms with Crippen LogP contribution in [0.1, 0.15) is 25.8 Å². The molecule has 0 unspecified atom stereocenters. The van der Waals surface area contributed by atoms with Crippen LogP contribution in [0.25, 0.3) is 0 Å². The van der Waals surface area contributed by atoms with Crippen LogP contribution in [0, 0.1) is 0 Å². The number of benzene rings is 1. The Hall–Kier alpha value is -1.43. The average Bonchev–Trinajstić information content (AvgIpc) is 3.07. The van der Waals surface area contributed by atoms with Crippen molar-refractivity contribution in [3.8, 4) is 0 Å². The Morgan fingerprint density at radius 2 is 2.04 bits per heavy atom. The zero-order valence-corrected chi connectivity index (χ0v) is 15.6. The number of hydrogen-bond acceptors (Lipinski definition) is 4. The fourth-order valence-electron chi connectivity index (χ4n) is 3.98. The molecule has 0 saturated carbocycles. The molecule has 1 atom stereocenters. The Labute approximate surface area is 151 Å². The van der Waals surface area contributed by atoms with Gasteiger partial charge in [0.15, 0.2) is 0 Å². The number of para-hydroxylation sites is 1. The molecular formula is C20H31N3O2. The SMILES string of the molecule is CCOCCN1CCN(CC(=O)N2CCc3ccccc32)C[C@H]1CC. The van der Waals surface area contributed by atoms with Crippen LogP contribution in [0.3, 0.4) is 0 Å². The summed E-state index contributed by atoms with van der Waals surface area (Å²) in [6.45, 7) is 11.2. The van der Waals surface area contributed by atoms with E-state index in [1.807, 2.05) is 17.9 Å². The van der Waals surface area contributed by atoms with Gasteiger partial charge in [-0.1, -0.05) is 25.1 Å². The highest BCUT2D eigenvalue weighted by molar-refractivity contribution is 5.96. The van der Waals surface area contributed by atoms with Crippen molar-refractivity contribution in [3.63, 3.8) is 0 Å². The van der Waals surface area contributed by atoms with E-state index in [1.165, 1.54) is 5.56 Å². The van der Waals surface area contributed by atoms with E-state index in [0.717, 1.165) is 64.5 Å². The molecule has 25 heavy (non-hydrogen) atoms. The molecule has 3 rings (SSSR count). The summed E-state index contributed by atoms with van der Waals surface area (Å²) >= 11 is 0. The van der Waals surface area contributed by atoms with Crippen LogP contribution in [0.4, 0.5) is 5.69 Å². The number of fused-ring (bicyclic) bond motifs is 1. The number of carbonyl (C=O) groups excluding carboxylic acids is 1. The van der Waals surface area contributed by atoms with Crippen molar-refractivity contribution in [1.82, 2.24) is 9.80 Å². The lowest BCUT2D eigenvalue weighted by molar-refractivity contribution is -0.120. The first kappa shape index (κ1) is 18.4. The number of hydrogen-bond donors (Lipinski definition) is 0. The normalized spacial score (nSPS) is 21.5. The first-order chi connectivity index (χ1) is 12.2. The fraction of sp³-hybridized carbons (Fsp3) is 0.650. The summed E-state index contributed by atoms with van der Waals surface area (Å²) in [5, 5.41) is 0. The molecule has 0 spiro atoms. The average molecular weight is 345 g/mol. The summed E-state index contributed by atoms with van der Waals surface area (Å²) in [6, 6.07) is 8.80. The Bertz CT molecular complexity index is 578. The number of rotatable bonds is 7. The van der Waals surface area contributed by atoms with Gasteiger partial charge in [0.25, 0.3) is 0 Å². The standard InChI is InChI=1S/C20H31N3O2/c1-3-18-15-21(11-12-22(18)13-14-25-4-2)16-20(24)23-10-9-17-7-5-6-8-19(17)23/h5-8,18H,3-4,9-16H2,1-2H3/t18-/m1/s1. The molecule has 2 aliphatic rings. The van der Waals surface area contributed by atoms with E-state index in [0.29, 0.717) is 12.6 Å². The predicted octanol–water partition coefficient (Wildman–Crippen LogP) is 2.01. The summed E-state index contributed by atoms with van der Waals surface area (Å²) in [4.78, 5) is 19.6. The molecule has 2 aliphatic heterocycles. The van der Waals surface area contributed by atoms with Gasteiger partial charge in [0.1, 0.15) is 0 Å². The molecule has 5 heteroatoms. The lowest BCUT2D eigenvalue weighted by Gasteiger charge is -2.41. The highest BCUT2D eigenvalue weighted by Crippen LogP contribution is 2.27. The fourth-order valence-corrected chi connectivity index (χ4v) is 3.98. The lowest BCUT2D eigenvalue weighted by Crippen LogP contribution is -2.55. The summed E-state index contributed by atoms with van der Waals surface area (Å²) in [6.07, 6.45) is 2.09. The number of piperazine rings is 1. The summed E-state index contributed by atoms with van der Waals surface area (Å²) < 4.78 is 5.51. The maximum absolute atomic E-state index is 12.8. The predicted molar refractivity (Wildman–Crippen MR) is 101 cm³/mol. The molecule has 0 N–H and O–H groups in total. The van der Waals surface area contributed by atoms with Gasteiger partial charge in [0.05, 0.1) is 13.2 Å². The molecule has 1 aromatic carbocycles. The monoisotopic (exact) mass is 345 g/mol. The lowest BCUT2D eigenvalue weighted by atomic mass is 10.1. The zero-order chi connectivity index (χ0) is 17.6. The van der Waals surface area contributed by atoms with E-state index < -0.39 is 0 Å². The largest absolute Gasteiger partial charge is 0.380 e. The number of nitrogens with zero attached hydrogens (tertiary/aromatic N) is 3. The first-order valence-electron chi connectivity index (χ1n) is 9.65. The molecule has 1 fully saturated rings. The maximum Gasteiger partial charge on any atom is 0.241 e. The van der Waals surface area contributed by atoms with Gasteiger partial charge in [-0.05, 0) is 31.4 Å². The van der Waals surface area contributed by atoms with Crippen LogP contribution in [0.2, 0.25) is 0 Å². The third-order valence-corrected chi connectivity index (χ3v) is 5.43. The Balaban J connectivity index is 1.53. The van der Waals surface area contributed by atoms with Crippen LogP contribution in [0.15, 0.2) is 24.3 Å². The molecule has 138 valence electrons. The van der Waals surface area contributed by atoms with Crippen molar-refractivity contribution < 1.29 is 9.53 Å². The van der Waals surface area contributed by atoms with Gasteiger partial charge < -0.3 is 9.64 Å². The third-order valence-electron chi connectivity index (χ3n) is 5.43. The van der Waals surface area contributed by atoms with Gasteiger partial charge in [0.2, 0.25) is 5.91 Å². The van der Waals surface area contributed by atoms with Gasteiger partial charge in [0, 0.05) is 51.1 Å². The Morgan fingerprint density at radius 3 is 2.84 bits per heavy atom. The van der Waals surface area contributed by atoms with E-state index in [2.05, 4.69) is 34.9 Å². The van der Waals surface area contributed by atoms with Crippen LogP contribution in [-0.4, -0.2) is 74.2 Å². The van der Waals surface area contributed by atoms with Crippen molar-refractivity contribution in [2.24, 2.45) is 0 Å². The number of amides is 1. The van der Waals surface area contributed by atoms with E-state index in [-0.39, 0.29) is 5.91 Å². The van der Waals surface area contributed by atoms with Crippen molar-refractivity contribution in [2.45, 2.75) is 32.7 Å². The second-order valence-corrected chi connectivity index (χ2v) is 6.95. The Kier molecular flexibility index (Phi) is 6.45. The van der Waals surface area contributed by atoms with Gasteiger partial charge in [-0.25, -0.2) is 0 Å². The number of ether oxygens (including phenoxy) is 1. The van der Waals surface area contributed by atoms with Crippen molar-refractivity contribution >= 4 is 11.6 Å². The number of carbonyl (C=O) groups is 1. The topological polar surface area (TPSA) is 36.0 Å². The molecule has 0 aliphatic carbocycles. The zero-order valence-electron chi connectivity index (χ0n) is 15.6. The first-order valence-corrected chi connectivity index (χ1v) is 9.65. The van der Waals surface area contributed by atoms with E-state index in [9.17, 15) is 4.79 Å². The minimum Gasteiger partial charge on any atom is -0.380 e. The third kappa shape index (κ3) is 4.40. The molecule has 1 amide bonds. The van der Waals surface area contributed by atoms with Crippen molar-refractivity contribution in [1.29, 1.82) is 0 Å². The van der Waals surface area contributed by atoms with Gasteiger partial charge in [-0.15, -0.1) is 0 Å². The van der Waals surface area contributed by atoms with Gasteiger partial charge in [-0.2, -0.15) is 0 Å². The smallest absolute Gasteiger partial charge is 0.241 e. The van der Waals surface area contributed by atoms with Gasteiger partial charge in [-0.3, -0.25) is 14.6 Å². The molecule has 0 bridgehead atoms. The van der Waals surface area contributed by atoms with E-state index in [4.69, 9.17) is 4.74 Å². The van der Waals surface area contributed by atoms with Crippen molar-refractivity contribution in [3.05, 3.63) is 29.8 Å². The number of anilines is 1. The van der Waals surface area contributed by atoms with E-state index in [1.54, 1.807) is 0 Å². The molecule has 2 heterocycles. The molecule has 1 aromatic rings. The van der Waals surface area contributed by atoms with Crippen molar-refractivity contribution in [2.75, 3.05) is 57.4 Å². The highest BCUT2D eigenvalue weighted by Gasteiger charge is 2.29. The second-order valence-electron chi connectivity index (χ2n) is 6.95.